The van der Waals surface area contributed by atoms with E-state index < -0.39 is 24.1 Å². The third kappa shape index (κ3) is 5.96. The summed E-state index contributed by atoms with van der Waals surface area (Å²) in [6.07, 6.45) is 14.0. The number of aliphatic hydroxyl groups excluding tert-OH is 2. The van der Waals surface area contributed by atoms with E-state index in [1.165, 1.54) is 38.5 Å². The second-order valence-electron chi connectivity index (χ2n) is 14.5. The van der Waals surface area contributed by atoms with Gasteiger partial charge in [-0.3, -0.25) is 4.79 Å². The highest BCUT2D eigenvalue weighted by molar-refractivity contribution is 5.91. The molecule has 0 aromatic heterocycles. The van der Waals surface area contributed by atoms with Gasteiger partial charge in [-0.15, -0.1) is 0 Å². The van der Waals surface area contributed by atoms with E-state index in [2.05, 4.69) is 47.3 Å². The predicted octanol–water partition coefficient (Wildman–Crippen LogP) is 7.01. The van der Waals surface area contributed by atoms with E-state index in [1.54, 1.807) is 5.57 Å². The maximum Gasteiger partial charge on any atom is 0.337 e. The molecule has 0 bridgehead atoms. The molecule has 0 spiro atoms. The van der Waals surface area contributed by atoms with E-state index >= 15 is 0 Å². The third-order valence-electron chi connectivity index (χ3n) is 11.8. The quantitative estimate of drug-likeness (QED) is 0.134. The highest BCUT2D eigenvalue weighted by atomic mass is 16.6. The van der Waals surface area contributed by atoms with Gasteiger partial charge in [0.2, 0.25) is 0 Å². The Morgan fingerprint density at radius 1 is 1.10 bits per heavy atom. The van der Waals surface area contributed by atoms with Crippen LogP contribution < -0.4 is 0 Å². The summed E-state index contributed by atoms with van der Waals surface area (Å²) in [6, 6.07) is 0. The molecule has 0 saturated heterocycles. The smallest absolute Gasteiger partial charge is 0.337 e. The summed E-state index contributed by atoms with van der Waals surface area (Å²) in [6.45, 7) is 15.4. The Balaban J connectivity index is 1.45. The van der Waals surface area contributed by atoms with Crippen LogP contribution in [0, 0.1) is 52.3 Å². The minimum Gasteiger partial charge on any atom is -0.393 e. The molecule has 5 heteroatoms. The van der Waals surface area contributed by atoms with Gasteiger partial charge < -0.3 is 14.9 Å². The monoisotopic (exact) mass is 542 g/mol. The maximum atomic E-state index is 12.0. The molecule has 0 aromatic carbocycles. The van der Waals surface area contributed by atoms with E-state index in [1.807, 2.05) is 0 Å². The summed E-state index contributed by atoms with van der Waals surface area (Å²) in [7, 11) is 0. The lowest BCUT2D eigenvalue weighted by molar-refractivity contribution is -0.172. The lowest BCUT2D eigenvalue weighted by Crippen LogP contribution is -2.60. The molecule has 4 aliphatic rings. The number of hydrogen-bond acceptors (Lipinski definition) is 5. The first-order valence-electron chi connectivity index (χ1n) is 15.9. The zero-order valence-electron chi connectivity index (χ0n) is 25.2. The zero-order chi connectivity index (χ0) is 28.5. The molecule has 3 saturated carbocycles. The number of aliphatic hydroxyl groups is 2. The molecule has 2 N–H and O–H groups in total. The zero-order valence-corrected chi connectivity index (χ0v) is 25.2. The van der Waals surface area contributed by atoms with Gasteiger partial charge in [0.25, 0.3) is 0 Å². The Kier molecular flexibility index (Phi) is 9.53. The number of rotatable bonds is 10. The molecule has 0 aliphatic heterocycles. The fourth-order valence-electron chi connectivity index (χ4n) is 9.92. The SMILES string of the molecule is C=CC(=O)OC(=O)CCC[C@@H]1[C@H]2[C@H](O)C[C@H]3C4=CC[C@@H]([C@@H](C)CCCC(C)C)[C@]4(C)CC[C@@H]3[C@]2(C)CC[C@@H]1O. The molecular formula is C34H54O5. The fourth-order valence-corrected chi connectivity index (χ4v) is 9.92. The molecule has 0 heterocycles. The molecule has 0 radical (unpaired) electrons. The Morgan fingerprint density at radius 3 is 2.54 bits per heavy atom. The number of esters is 2. The summed E-state index contributed by atoms with van der Waals surface area (Å²) >= 11 is 0. The normalized spacial score (nSPS) is 40.2. The van der Waals surface area contributed by atoms with Crippen LogP contribution >= 0.6 is 0 Å². The molecule has 220 valence electrons. The summed E-state index contributed by atoms with van der Waals surface area (Å²) in [5, 5.41) is 22.8. The van der Waals surface area contributed by atoms with Crippen LogP contribution in [-0.4, -0.2) is 34.4 Å². The third-order valence-corrected chi connectivity index (χ3v) is 11.8. The number of ether oxygens (including phenoxy) is 1. The second-order valence-corrected chi connectivity index (χ2v) is 14.5. The van der Waals surface area contributed by atoms with E-state index in [9.17, 15) is 19.8 Å². The van der Waals surface area contributed by atoms with Crippen molar-refractivity contribution in [1.82, 2.24) is 0 Å². The van der Waals surface area contributed by atoms with E-state index in [4.69, 9.17) is 4.74 Å². The van der Waals surface area contributed by atoms with Gasteiger partial charge in [0.1, 0.15) is 0 Å². The first-order valence-corrected chi connectivity index (χ1v) is 15.9. The van der Waals surface area contributed by atoms with Crippen molar-refractivity contribution in [3.05, 3.63) is 24.3 Å². The number of carbonyl (C=O) groups excluding carboxylic acids is 2. The average molecular weight is 543 g/mol. The molecule has 39 heavy (non-hydrogen) atoms. The largest absolute Gasteiger partial charge is 0.393 e. The maximum absolute atomic E-state index is 12.0. The van der Waals surface area contributed by atoms with Crippen LogP contribution in [0.15, 0.2) is 24.3 Å². The minimum absolute atomic E-state index is 0.0192. The van der Waals surface area contributed by atoms with E-state index in [-0.39, 0.29) is 29.1 Å². The summed E-state index contributed by atoms with van der Waals surface area (Å²) in [4.78, 5) is 23.4. The van der Waals surface area contributed by atoms with Crippen molar-refractivity contribution in [3.8, 4) is 0 Å². The van der Waals surface area contributed by atoms with Crippen molar-refractivity contribution in [1.29, 1.82) is 0 Å². The lowest BCUT2D eigenvalue weighted by Gasteiger charge is -2.63. The predicted molar refractivity (Wildman–Crippen MR) is 154 cm³/mol. The van der Waals surface area contributed by atoms with Crippen LogP contribution in [0.1, 0.15) is 112 Å². The molecule has 10 atom stereocenters. The van der Waals surface area contributed by atoms with Crippen LogP contribution in [0.2, 0.25) is 0 Å². The summed E-state index contributed by atoms with van der Waals surface area (Å²) < 4.78 is 4.73. The van der Waals surface area contributed by atoms with Crippen molar-refractivity contribution in [2.75, 3.05) is 0 Å². The average Bonchev–Trinajstić information content (AvgIpc) is 3.23. The highest BCUT2D eigenvalue weighted by Gasteiger charge is 2.62. The van der Waals surface area contributed by atoms with Gasteiger partial charge in [-0.25, -0.2) is 4.79 Å². The summed E-state index contributed by atoms with van der Waals surface area (Å²) in [5.74, 6) is 1.88. The molecule has 0 amide bonds. The molecule has 0 aromatic rings. The number of hydrogen-bond donors (Lipinski definition) is 2. The fraction of sp³-hybridized carbons (Fsp3) is 0.824. The van der Waals surface area contributed by atoms with E-state index in [0.29, 0.717) is 30.6 Å². The summed E-state index contributed by atoms with van der Waals surface area (Å²) in [5.41, 5.74) is 1.86. The topological polar surface area (TPSA) is 83.8 Å². The molecule has 5 nitrogen and oxygen atoms in total. The molecule has 3 fully saturated rings. The van der Waals surface area contributed by atoms with Crippen molar-refractivity contribution in [3.63, 3.8) is 0 Å². The molecule has 4 aliphatic carbocycles. The van der Waals surface area contributed by atoms with Gasteiger partial charge in [0.15, 0.2) is 0 Å². The molecule has 0 unspecified atom stereocenters. The Hall–Kier alpha value is -1.46. The van der Waals surface area contributed by atoms with Crippen molar-refractivity contribution in [2.45, 2.75) is 124 Å². The first-order chi connectivity index (χ1) is 18.4. The minimum atomic E-state index is -0.725. The van der Waals surface area contributed by atoms with Gasteiger partial charge in [-0.2, -0.15) is 0 Å². The number of allylic oxidation sites excluding steroid dienone is 2. The highest BCUT2D eigenvalue weighted by Crippen LogP contribution is 2.67. The first kappa shape index (κ1) is 30.5. The van der Waals surface area contributed by atoms with Crippen molar-refractivity contribution >= 4 is 11.9 Å². The van der Waals surface area contributed by atoms with E-state index in [0.717, 1.165) is 37.2 Å². The van der Waals surface area contributed by atoms with Gasteiger partial charge in [0, 0.05) is 12.5 Å². The van der Waals surface area contributed by atoms with Gasteiger partial charge in [-0.1, -0.05) is 72.1 Å². The van der Waals surface area contributed by atoms with Gasteiger partial charge in [0.05, 0.1) is 12.2 Å². The molecule has 4 rings (SSSR count). The Labute approximate surface area is 236 Å². The number of fused-ring (bicyclic) bond motifs is 5. The van der Waals surface area contributed by atoms with Crippen LogP contribution in [0.3, 0.4) is 0 Å². The Morgan fingerprint density at radius 2 is 1.85 bits per heavy atom. The van der Waals surface area contributed by atoms with Crippen molar-refractivity contribution < 1.29 is 24.5 Å². The standard InChI is InChI=1S/C34H54O5/c1-7-30(37)39-31(38)13-9-12-23-28(35)17-19-34(6)27-16-18-33(5)25(22(4)11-8-10-21(2)3)14-15-26(33)24(27)20-29(36)32(23)34/h7,15,21-25,27-29,32,35-36H,1,8-14,16-20H2,2-6H3/t22-,23-,24-,25-,27-,28-,29+,32-,33-,34-/m0/s1. The van der Waals surface area contributed by atoms with Crippen LogP contribution in [0.25, 0.3) is 0 Å². The van der Waals surface area contributed by atoms with Gasteiger partial charge in [-0.05, 0) is 104 Å². The van der Waals surface area contributed by atoms with Crippen LogP contribution in [-0.2, 0) is 14.3 Å². The molecular weight excluding hydrogens is 488 g/mol. The van der Waals surface area contributed by atoms with Crippen LogP contribution in [0.5, 0.6) is 0 Å². The lowest BCUT2D eigenvalue weighted by atomic mass is 9.43. The Bertz CT molecular complexity index is 938. The number of carbonyl (C=O) groups is 2. The van der Waals surface area contributed by atoms with Crippen LogP contribution in [0.4, 0.5) is 0 Å². The van der Waals surface area contributed by atoms with Crippen molar-refractivity contribution in [2.24, 2.45) is 52.3 Å². The second kappa shape index (κ2) is 12.2. The van der Waals surface area contributed by atoms with Gasteiger partial charge >= 0.3 is 11.9 Å².